The molecule has 0 spiro atoms. The lowest BCUT2D eigenvalue weighted by atomic mass is 9.93. The van der Waals surface area contributed by atoms with E-state index in [1.54, 1.807) is 6.92 Å². The van der Waals surface area contributed by atoms with Gasteiger partial charge in [0.1, 0.15) is 42.7 Å². The van der Waals surface area contributed by atoms with Crippen LogP contribution in [0.15, 0.2) is 12.1 Å². The standard InChI is InChI=1S/C27H46N2O14/c1-15-21(34)24(37)22(35)16(41-15)6-5-11-28(12-13-40-27-26(39)25(38)23(36)17(14-30)42-27)10-4-2-3-7-20(33)43-29-18(31)8-9-19(29)32/h8-9,15-17,21-27,30-32,34-39H,2-7,10-14H2,1H3/t15-,16-,17+,21+,22+,23+,24+,25-,26+,27+/m0/s1. The molecular weight excluding hydrogens is 576 g/mol. The van der Waals surface area contributed by atoms with E-state index in [0.717, 1.165) is 0 Å². The molecule has 2 aliphatic heterocycles. The van der Waals surface area contributed by atoms with Crippen LogP contribution in [0.25, 0.3) is 0 Å². The third-order valence-electron chi connectivity index (χ3n) is 7.80. The maximum absolute atomic E-state index is 12.1. The average Bonchev–Trinajstić information content (AvgIpc) is 3.30. The van der Waals surface area contributed by atoms with Gasteiger partial charge < -0.3 is 69.9 Å². The Hall–Kier alpha value is -2.09. The van der Waals surface area contributed by atoms with Crippen molar-refractivity contribution < 1.29 is 69.8 Å². The van der Waals surface area contributed by atoms with E-state index in [9.17, 15) is 50.8 Å². The Morgan fingerprint density at radius 1 is 0.814 bits per heavy atom. The minimum atomic E-state index is -1.55. The Bertz CT molecular complexity index is 960. The van der Waals surface area contributed by atoms with E-state index in [4.69, 9.17) is 19.0 Å². The number of nitrogens with zero attached hydrogens (tertiary/aromatic N) is 2. The van der Waals surface area contributed by atoms with Crippen molar-refractivity contribution in [2.75, 3.05) is 32.8 Å². The highest BCUT2D eigenvalue weighted by molar-refractivity contribution is 5.69. The number of carbonyl (C=O) groups excluding carboxylic acids is 1. The Labute approximate surface area is 249 Å². The van der Waals surface area contributed by atoms with Crippen LogP contribution in [-0.4, -0.2) is 156 Å². The second-order valence-corrected chi connectivity index (χ2v) is 11.0. The predicted octanol–water partition coefficient (Wildman–Crippen LogP) is -2.82. The molecule has 248 valence electrons. The number of ether oxygens (including phenoxy) is 3. The number of hydrogen-bond donors (Lipinski definition) is 9. The quantitative estimate of drug-likeness (QED) is 0.0845. The maximum atomic E-state index is 12.1. The monoisotopic (exact) mass is 622 g/mol. The van der Waals surface area contributed by atoms with Gasteiger partial charge in [-0.2, -0.15) is 0 Å². The summed E-state index contributed by atoms with van der Waals surface area (Å²) in [6, 6.07) is 2.37. The number of aliphatic hydroxyl groups excluding tert-OH is 7. The number of rotatable bonds is 16. The summed E-state index contributed by atoms with van der Waals surface area (Å²) >= 11 is 0. The summed E-state index contributed by atoms with van der Waals surface area (Å²) in [5.41, 5.74) is 0. The lowest BCUT2D eigenvalue weighted by Crippen LogP contribution is -2.59. The molecule has 9 N–H and O–H groups in total. The zero-order valence-corrected chi connectivity index (χ0v) is 24.2. The molecular formula is C27H46N2O14. The van der Waals surface area contributed by atoms with Crippen molar-refractivity contribution in [2.45, 2.75) is 107 Å². The molecule has 16 heteroatoms. The summed E-state index contributed by atoms with van der Waals surface area (Å²) in [5.74, 6) is -1.43. The van der Waals surface area contributed by atoms with E-state index in [1.807, 2.05) is 4.90 Å². The minimum absolute atomic E-state index is 0.0561. The fraction of sp³-hybridized carbons (Fsp3) is 0.815. The van der Waals surface area contributed by atoms with Gasteiger partial charge in [-0.25, -0.2) is 4.79 Å². The van der Waals surface area contributed by atoms with E-state index in [1.165, 1.54) is 12.1 Å². The molecule has 16 nitrogen and oxygen atoms in total. The van der Waals surface area contributed by atoms with E-state index in [-0.39, 0.29) is 13.0 Å². The van der Waals surface area contributed by atoms with Gasteiger partial charge in [0.25, 0.3) is 0 Å². The zero-order chi connectivity index (χ0) is 31.7. The third-order valence-corrected chi connectivity index (χ3v) is 7.80. The van der Waals surface area contributed by atoms with E-state index in [0.29, 0.717) is 56.5 Å². The molecule has 0 aliphatic carbocycles. The zero-order valence-electron chi connectivity index (χ0n) is 24.2. The Balaban J connectivity index is 1.47. The first-order valence-corrected chi connectivity index (χ1v) is 14.6. The second kappa shape index (κ2) is 16.8. The number of aromatic hydroxyl groups is 2. The van der Waals surface area contributed by atoms with Crippen LogP contribution < -0.4 is 4.84 Å². The minimum Gasteiger partial charge on any atom is -0.492 e. The smallest absolute Gasteiger partial charge is 0.333 e. The normalized spacial score (nSPS) is 33.1. The van der Waals surface area contributed by atoms with Crippen molar-refractivity contribution >= 4 is 5.97 Å². The van der Waals surface area contributed by atoms with Crippen LogP contribution in [0.2, 0.25) is 0 Å². The van der Waals surface area contributed by atoms with Crippen LogP contribution in [0.1, 0.15) is 45.4 Å². The number of carbonyl (C=O) groups is 1. The highest BCUT2D eigenvalue weighted by Crippen LogP contribution is 2.25. The average molecular weight is 623 g/mol. The van der Waals surface area contributed by atoms with E-state index >= 15 is 0 Å². The van der Waals surface area contributed by atoms with Crippen LogP contribution in [0.3, 0.4) is 0 Å². The second-order valence-electron chi connectivity index (χ2n) is 11.0. The summed E-state index contributed by atoms with van der Waals surface area (Å²) in [5, 5.41) is 89.0. The van der Waals surface area contributed by atoms with Gasteiger partial charge in [-0.3, -0.25) is 0 Å². The molecule has 10 atom stereocenters. The highest BCUT2D eigenvalue weighted by Gasteiger charge is 2.44. The van der Waals surface area contributed by atoms with Crippen LogP contribution in [0.4, 0.5) is 0 Å². The van der Waals surface area contributed by atoms with Crippen LogP contribution >= 0.6 is 0 Å². The van der Waals surface area contributed by atoms with Crippen LogP contribution in [-0.2, 0) is 19.0 Å². The molecule has 3 rings (SSSR count). The number of unbranched alkanes of at least 4 members (excludes halogenated alkanes) is 2. The topological polar surface area (TPSA) is 244 Å². The molecule has 1 aromatic rings. The summed E-state index contributed by atoms with van der Waals surface area (Å²) in [6.45, 7) is 2.61. The first-order chi connectivity index (χ1) is 20.4. The molecule has 43 heavy (non-hydrogen) atoms. The van der Waals surface area contributed by atoms with E-state index in [2.05, 4.69) is 0 Å². The van der Waals surface area contributed by atoms with Crippen molar-refractivity contribution in [1.29, 1.82) is 0 Å². The molecule has 0 saturated carbocycles. The third kappa shape index (κ3) is 9.70. The molecule has 0 unspecified atom stereocenters. The Morgan fingerprint density at radius 2 is 1.44 bits per heavy atom. The van der Waals surface area contributed by atoms with Gasteiger partial charge in [0.05, 0.1) is 25.4 Å². The van der Waals surface area contributed by atoms with Gasteiger partial charge in [-0.1, -0.05) is 6.42 Å². The fourth-order valence-electron chi connectivity index (χ4n) is 5.15. The summed E-state index contributed by atoms with van der Waals surface area (Å²) in [4.78, 5) is 19.0. The summed E-state index contributed by atoms with van der Waals surface area (Å²) in [6.07, 6.45) is -9.10. The van der Waals surface area contributed by atoms with Crippen molar-refractivity contribution in [3.05, 3.63) is 12.1 Å². The molecule has 0 radical (unpaired) electrons. The fourth-order valence-corrected chi connectivity index (χ4v) is 5.15. The molecule has 0 amide bonds. The predicted molar refractivity (Wildman–Crippen MR) is 146 cm³/mol. The molecule has 2 fully saturated rings. The van der Waals surface area contributed by atoms with Gasteiger partial charge in [-0.05, 0) is 45.7 Å². The SMILES string of the molecule is C[C@@H]1O[C@@H](CCCN(CCCCCC(=O)On2c(O)ccc2O)CCO[C@@H]2O[C@H](CO)[C@@H](O)[C@H](O)[C@H]2O)[C@@H](O)[C@H](O)[C@@H]1O. The number of hydrogen-bond acceptors (Lipinski definition) is 15. The van der Waals surface area contributed by atoms with Gasteiger partial charge in [-0.15, -0.1) is 4.73 Å². The highest BCUT2D eigenvalue weighted by atomic mass is 16.7. The number of aliphatic hydroxyl groups is 7. The van der Waals surface area contributed by atoms with Crippen LogP contribution in [0.5, 0.6) is 11.8 Å². The van der Waals surface area contributed by atoms with Crippen molar-refractivity contribution in [1.82, 2.24) is 9.63 Å². The summed E-state index contributed by atoms with van der Waals surface area (Å²) in [7, 11) is 0. The lowest BCUT2D eigenvalue weighted by Gasteiger charge is -2.40. The molecule has 0 aromatic carbocycles. The van der Waals surface area contributed by atoms with Crippen LogP contribution in [0, 0.1) is 0 Å². The lowest BCUT2D eigenvalue weighted by molar-refractivity contribution is -0.301. The first-order valence-electron chi connectivity index (χ1n) is 14.6. The largest absolute Gasteiger partial charge is 0.492 e. The first kappa shape index (κ1) is 35.4. The van der Waals surface area contributed by atoms with Gasteiger partial charge >= 0.3 is 5.97 Å². The van der Waals surface area contributed by atoms with Crippen molar-refractivity contribution in [2.24, 2.45) is 0 Å². The van der Waals surface area contributed by atoms with Gasteiger partial charge in [0.2, 0.25) is 11.8 Å². The van der Waals surface area contributed by atoms with Crippen molar-refractivity contribution in [3.8, 4) is 11.8 Å². The van der Waals surface area contributed by atoms with Gasteiger partial charge in [0, 0.05) is 25.1 Å². The van der Waals surface area contributed by atoms with E-state index < -0.39 is 85.6 Å². The molecule has 0 bridgehead atoms. The molecule has 2 saturated heterocycles. The molecule has 2 aliphatic rings. The molecule has 1 aromatic heterocycles. The maximum Gasteiger partial charge on any atom is 0.333 e. The van der Waals surface area contributed by atoms with Crippen molar-refractivity contribution in [3.63, 3.8) is 0 Å². The summed E-state index contributed by atoms with van der Waals surface area (Å²) < 4.78 is 17.3. The Kier molecular flexibility index (Phi) is 13.9. The van der Waals surface area contributed by atoms with Gasteiger partial charge in [0.15, 0.2) is 6.29 Å². The molecule has 3 heterocycles. The Morgan fingerprint density at radius 3 is 2.12 bits per heavy atom. The number of aromatic nitrogens is 1.